The Morgan fingerprint density at radius 1 is 1.21 bits per heavy atom. The molecule has 1 saturated heterocycles. The van der Waals surface area contributed by atoms with Gasteiger partial charge in [-0.2, -0.15) is 8.42 Å². The normalized spacial score (nSPS) is 16.2. The van der Waals surface area contributed by atoms with Gasteiger partial charge in [0.2, 0.25) is 11.9 Å². The number of aryl methyl sites for hydroxylation is 2. The highest BCUT2D eigenvalue weighted by Crippen LogP contribution is 2.27. The summed E-state index contributed by atoms with van der Waals surface area (Å²) in [6, 6.07) is 7.34. The summed E-state index contributed by atoms with van der Waals surface area (Å²) in [5, 5.41) is -0.0640. The van der Waals surface area contributed by atoms with Crippen LogP contribution in [-0.2, 0) is 19.6 Å². The van der Waals surface area contributed by atoms with E-state index in [1.54, 1.807) is 19.9 Å². The number of amides is 1. The van der Waals surface area contributed by atoms with Gasteiger partial charge < -0.3 is 4.74 Å². The Labute approximate surface area is 172 Å². The van der Waals surface area contributed by atoms with E-state index in [0.29, 0.717) is 17.1 Å². The van der Waals surface area contributed by atoms with Gasteiger partial charge in [-0.15, -0.1) is 4.40 Å². The molecule has 1 amide bonds. The summed E-state index contributed by atoms with van der Waals surface area (Å²) in [6.07, 6.45) is 0.193. The van der Waals surface area contributed by atoms with Crippen molar-refractivity contribution in [2.24, 2.45) is 4.40 Å². The number of ether oxygens (including phenoxy) is 1. The van der Waals surface area contributed by atoms with Crippen molar-refractivity contribution in [3.8, 4) is 0 Å². The van der Waals surface area contributed by atoms with Gasteiger partial charge in [0.05, 0.1) is 12.7 Å². The van der Waals surface area contributed by atoms with Crippen LogP contribution in [-0.4, -0.2) is 48.3 Å². The van der Waals surface area contributed by atoms with Crippen molar-refractivity contribution in [3.63, 3.8) is 0 Å². The molecule has 11 heteroatoms. The second-order valence-corrected chi connectivity index (χ2v) is 8.75. The SMILES string of the molecule is COC(=O)c1ccccc1S(=O)(=O)N=C1SCCC(=O)N1c1nc(C)cc(C)n1. The number of methoxy groups -OCH3 is 1. The lowest BCUT2D eigenvalue weighted by Gasteiger charge is -2.26. The second-order valence-electron chi connectivity index (χ2n) is 6.11. The number of anilines is 1. The maximum atomic E-state index is 13.0. The maximum Gasteiger partial charge on any atom is 0.339 e. The van der Waals surface area contributed by atoms with Crippen LogP contribution in [0, 0.1) is 13.8 Å². The molecule has 152 valence electrons. The van der Waals surface area contributed by atoms with Gasteiger partial charge in [0, 0.05) is 23.6 Å². The second kappa shape index (κ2) is 8.29. The van der Waals surface area contributed by atoms with Crippen LogP contribution < -0.4 is 4.90 Å². The molecule has 0 atom stereocenters. The fourth-order valence-corrected chi connectivity index (χ4v) is 5.05. The van der Waals surface area contributed by atoms with Crippen molar-refractivity contribution in [1.29, 1.82) is 0 Å². The molecular formula is C18H18N4O5S2. The molecule has 0 spiro atoms. The van der Waals surface area contributed by atoms with Gasteiger partial charge in [0.1, 0.15) is 4.90 Å². The number of sulfonamides is 1. The van der Waals surface area contributed by atoms with Crippen LogP contribution >= 0.6 is 11.8 Å². The topological polar surface area (TPSA) is 119 Å². The van der Waals surface area contributed by atoms with Crippen LogP contribution in [0.5, 0.6) is 0 Å². The summed E-state index contributed by atoms with van der Waals surface area (Å²) in [5.74, 6) is -0.724. The number of aromatic nitrogens is 2. The third kappa shape index (κ3) is 4.46. The molecule has 0 N–H and O–H groups in total. The first-order valence-corrected chi connectivity index (χ1v) is 11.0. The maximum absolute atomic E-state index is 13.0. The Kier molecular flexibility index (Phi) is 5.99. The fraction of sp³-hybridized carbons (Fsp3) is 0.278. The van der Waals surface area contributed by atoms with E-state index in [1.165, 1.54) is 24.3 Å². The van der Waals surface area contributed by atoms with Crippen molar-refractivity contribution in [2.45, 2.75) is 25.2 Å². The Bertz CT molecular complexity index is 1090. The van der Waals surface area contributed by atoms with E-state index in [4.69, 9.17) is 0 Å². The highest BCUT2D eigenvalue weighted by molar-refractivity contribution is 8.15. The molecule has 1 aliphatic heterocycles. The summed E-state index contributed by atoms with van der Waals surface area (Å²) >= 11 is 1.10. The number of carbonyl (C=O) groups is 2. The largest absolute Gasteiger partial charge is 0.465 e. The van der Waals surface area contributed by atoms with Crippen molar-refractivity contribution in [2.75, 3.05) is 17.8 Å². The molecule has 1 fully saturated rings. The van der Waals surface area contributed by atoms with Gasteiger partial charge in [-0.05, 0) is 32.0 Å². The molecular weight excluding hydrogens is 416 g/mol. The lowest BCUT2D eigenvalue weighted by atomic mass is 10.2. The van der Waals surface area contributed by atoms with Crippen molar-refractivity contribution >= 4 is 44.8 Å². The van der Waals surface area contributed by atoms with E-state index in [2.05, 4.69) is 19.1 Å². The zero-order valence-electron chi connectivity index (χ0n) is 15.9. The van der Waals surface area contributed by atoms with Gasteiger partial charge in [-0.3, -0.25) is 4.79 Å². The van der Waals surface area contributed by atoms with Gasteiger partial charge in [-0.25, -0.2) is 19.7 Å². The Hall–Kier alpha value is -2.79. The predicted molar refractivity (Wildman–Crippen MR) is 108 cm³/mol. The van der Waals surface area contributed by atoms with E-state index in [-0.39, 0.29) is 33.9 Å². The van der Waals surface area contributed by atoms with E-state index < -0.39 is 16.0 Å². The highest BCUT2D eigenvalue weighted by atomic mass is 32.2. The number of benzene rings is 1. The standard InChI is InChI=1S/C18H18N4O5S2/c1-11-10-12(2)20-17(19-11)22-15(23)8-9-28-18(22)21-29(25,26)14-7-5-4-6-13(14)16(24)27-3/h4-7,10H,8-9H2,1-3H3. The lowest BCUT2D eigenvalue weighted by molar-refractivity contribution is -0.117. The van der Waals surface area contributed by atoms with Crippen LogP contribution in [0.4, 0.5) is 5.95 Å². The first-order chi connectivity index (χ1) is 13.7. The summed E-state index contributed by atoms with van der Waals surface area (Å²) in [4.78, 5) is 33.8. The highest BCUT2D eigenvalue weighted by Gasteiger charge is 2.32. The number of thioether (sulfide) groups is 1. The minimum absolute atomic E-state index is 0.0640. The average molecular weight is 434 g/mol. The molecule has 0 aliphatic carbocycles. The number of carbonyl (C=O) groups excluding carboxylic acids is 2. The molecule has 3 rings (SSSR count). The van der Waals surface area contributed by atoms with Gasteiger partial charge in [-0.1, -0.05) is 23.9 Å². The lowest BCUT2D eigenvalue weighted by Crippen LogP contribution is -2.41. The number of rotatable bonds is 4. The molecule has 0 radical (unpaired) electrons. The molecule has 9 nitrogen and oxygen atoms in total. The zero-order chi connectivity index (χ0) is 21.2. The molecule has 0 saturated carbocycles. The van der Waals surface area contributed by atoms with Crippen molar-refractivity contribution in [1.82, 2.24) is 9.97 Å². The quantitative estimate of drug-likeness (QED) is 0.671. The summed E-state index contributed by atoms with van der Waals surface area (Å²) in [6.45, 7) is 3.50. The van der Waals surface area contributed by atoms with Crippen LogP contribution in [0.1, 0.15) is 28.2 Å². The van der Waals surface area contributed by atoms with Crippen LogP contribution in [0.3, 0.4) is 0 Å². The third-order valence-electron chi connectivity index (χ3n) is 3.93. The first kappa shape index (κ1) is 20.9. The van der Waals surface area contributed by atoms with Gasteiger partial charge >= 0.3 is 5.97 Å². The molecule has 1 aromatic heterocycles. The van der Waals surface area contributed by atoms with E-state index in [9.17, 15) is 18.0 Å². The van der Waals surface area contributed by atoms with Crippen molar-refractivity contribution in [3.05, 3.63) is 47.3 Å². The predicted octanol–water partition coefficient (Wildman–Crippen LogP) is 2.09. The average Bonchev–Trinajstić information content (AvgIpc) is 2.66. The number of hydrogen-bond donors (Lipinski definition) is 0. The fourth-order valence-electron chi connectivity index (χ4n) is 2.71. The first-order valence-electron chi connectivity index (χ1n) is 8.53. The molecule has 2 aromatic rings. The van der Waals surface area contributed by atoms with E-state index in [0.717, 1.165) is 23.8 Å². The van der Waals surface area contributed by atoms with Crippen LogP contribution in [0.15, 0.2) is 39.6 Å². The Balaban J connectivity index is 2.12. The van der Waals surface area contributed by atoms with Crippen LogP contribution in [0.25, 0.3) is 0 Å². The monoisotopic (exact) mass is 434 g/mol. The number of esters is 1. The molecule has 29 heavy (non-hydrogen) atoms. The van der Waals surface area contributed by atoms with E-state index in [1.807, 2.05) is 0 Å². The van der Waals surface area contributed by atoms with Crippen molar-refractivity contribution < 1.29 is 22.7 Å². The van der Waals surface area contributed by atoms with Gasteiger partial charge in [0.25, 0.3) is 10.0 Å². The molecule has 1 aromatic carbocycles. The molecule has 0 bridgehead atoms. The number of hydrogen-bond acceptors (Lipinski definition) is 8. The third-order valence-corrected chi connectivity index (χ3v) is 6.31. The molecule has 1 aliphatic rings. The Morgan fingerprint density at radius 2 is 1.86 bits per heavy atom. The molecule has 2 heterocycles. The summed E-state index contributed by atoms with van der Waals surface area (Å²) < 4.78 is 34.4. The van der Waals surface area contributed by atoms with Gasteiger partial charge in [0.15, 0.2) is 5.17 Å². The smallest absolute Gasteiger partial charge is 0.339 e. The zero-order valence-corrected chi connectivity index (χ0v) is 17.6. The summed E-state index contributed by atoms with van der Waals surface area (Å²) in [5.41, 5.74) is 1.13. The number of amidine groups is 1. The van der Waals surface area contributed by atoms with E-state index >= 15 is 0 Å². The Morgan fingerprint density at radius 3 is 2.52 bits per heavy atom. The van der Waals surface area contributed by atoms with Crippen LogP contribution in [0.2, 0.25) is 0 Å². The minimum Gasteiger partial charge on any atom is -0.465 e. The number of nitrogens with zero attached hydrogens (tertiary/aromatic N) is 4. The summed E-state index contributed by atoms with van der Waals surface area (Å²) in [7, 11) is -3.15. The molecule has 0 unspecified atom stereocenters. The minimum atomic E-state index is -4.31.